The van der Waals surface area contributed by atoms with Gasteiger partial charge in [0.05, 0.1) is 22.4 Å². The van der Waals surface area contributed by atoms with Gasteiger partial charge in [0.15, 0.2) is 0 Å². The summed E-state index contributed by atoms with van der Waals surface area (Å²) in [7, 11) is 0. The Labute approximate surface area is 161 Å². The molecule has 0 radical (unpaired) electrons. The molecular formula is C21H19FN4O2. The molecule has 2 amide bonds. The van der Waals surface area contributed by atoms with Crippen LogP contribution in [0.5, 0.6) is 0 Å². The number of halogens is 1. The van der Waals surface area contributed by atoms with Crippen molar-refractivity contribution in [3.8, 4) is 0 Å². The number of hydrogen-bond donors (Lipinski definition) is 2. The Morgan fingerprint density at radius 3 is 2.75 bits per heavy atom. The van der Waals surface area contributed by atoms with Crippen molar-refractivity contribution in [2.75, 3.05) is 10.6 Å². The first-order valence-corrected chi connectivity index (χ1v) is 9.08. The minimum Gasteiger partial charge on any atom is -0.326 e. The predicted octanol–water partition coefficient (Wildman–Crippen LogP) is 3.84. The number of benzene rings is 2. The van der Waals surface area contributed by atoms with Gasteiger partial charge in [-0.15, -0.1) is 0 Å². The van der Waals surface area contributed by atoms with Crippen LogP contribution in [0.15, 0.2) is 42.6 Å². The van der Waals surface area contributed by atoms with E-state index in [0.717, 1.165) is 5.52 Å². The fourth-order valence-corrected chi connectivity index (χ4v) is 3.26. The Morgan fingerprint density at radius 1 is 1.25 bits per heavy atom. The summed E-state index contributed by atoms with van der Waals surface area (Å²) in [5.41, 5.74) is 3.20. The first-order valence-electron chi connectivity index (χ1n) is 9.08. The van der Waals surface area contributed by atoms with E-state index < -0.39 is 11.7 Å². The van der Waals surface area contributed by atoms with E-state index in [2.05, 4.69) is 20.6 Å². The van der Waals surface area contributed by atoms with E-state index in [1.165, 1.54) is 12.1 Å². The zero-order valence-corrected chi connectivity index (χ0v) is 15.5. The molecule has 0 saturated heterocycles. The highest BCUT2D eigenvalue weighted by molar-refractivity contribution is 5.98. The second-order valence-electron chi connectivity index (χ2n) is 7.15. The molecule has 0 saturated carbocycles. The highest BCUT2D eigenvalue weighted by atomic mass is 19.1. The third-order valence-corrected chi connectivity index (χ3v) is 4.78. The van der Waals surface area contributed by atoms with Gasteiger partial charge in [-0.05, 0) is 29.8 Å². The third kappa shape index (κ3) is 3.31. The molecule has 2 aromatic carbocycles. The number of anilines is 2. The third-order valence-electron chi connectivity index (χ3n) is 4.78. The summed E-state index contributed by atoms with van der Waals surface area (Å²) < 4.78 is 14.7. The van der Waals surface area contributed by atoms with E-state index in [1.54, 1.807) is 20.0 Å². The summed E-state index contributed by atoms with van der Waals surface area (Å²) in [6, 6.07) is 10.3. The van der Waals surface area contributed by atoms with Crippen molar-refractivity contribution in [2.24, 2.45) is 5.92 Å². The molecule has 0 fully saturated rings. The largest absolute Gasteiger partial charge is 0.326 e. The van der Waals surface area contributed by atoms with Gasteiger partial charge >= 0.3 is 0 Å². The van der Waals surface area contributed by atoms with Gasteiger partial charge in [0.1, 0.15) is 5.82 Å². The summed E-state index contributed by atoms with van der Waals surface area (Å²) >= 11 is 0. The summed E-state index contributed by atoms with van der Waals surface area (Å²) in [6.07, 6.45) is 1.78. The Hall–Kier alpha value is -3.35. The lowest BCUT2D eigenvalue weighted by Gasteiger charge is -2.26. The van der Waals surface area contributed by atoms with E-state index in [9.17, 15) is 14.0 Å². The second-order valence-corrected chi connectivity index (χ2v) is 7.15. The lowest BCUT2D eigenvalue weighted by atomic mass is 9.87. The van der Waals surface area contributed by atoms with Crippen LogP contribution >= 0.6 is 0 Å². The Balaban J connectivity index is 1.76. The number of aromatic nitrogens is 2. The van der Waals surface area contributed by atoms with Gasteiger partial charge in [-0.3, -0.25) is 14.6 Å². The molecule has 0 bridgehead atoms. The number of hydrogen-bond acceptors (Lipinski definition) is 4. The van der Waals surface area contributed by atoms with Gasteiger partial charge in [-0.2, -0.15) is 0 Å². The van der Waals surface area contributed by atoms with Crippen LogP contribution < -0.4 is 10.6 Å². The van der Waals surface area contributed by atoms with Crippen LogP contribution in [0.4, 0.5) is 15.8 Å². The van der Waals surface area contributed by atoms with Crippen molar-refractivity contribution in [1.29, 1.82) is 0 Å². The lowest BCUT2D eigenvalue weighted by molar-refractivity contribution is -0.119. The molecule has 3 aromatic rings. The summed E-state index contributed by atoms with van der Waals surface area (Å²) in [6.45, 7) is 3.45. The molecule has 0 unspecified atom stereocenters. The van der Waals surface area contributed by atoms with Crippen molar-refractivity contribution < 1.29 is 14.0 Å². The minimum atomic E-state index is -0.553. The number of nitrogens with one attached hydrogen (secondary N) is 2. The number of carbonyl (C=O) groups excluding carboxylic acids is 2. The molecular weight excluding hydrogens is 359 g/mol. The van der Waals surface area contributed by atoms with Gasteiger partial charge < -0.3 is 10.6 Å². The summed E-state index contributed by atoms with van der Waals surface area (Å²) in [5.74, 6) is -1.74. The molecule has 1 aromatic heterocycles. The first-order chi connectivity index (χ1) is 13.4. The van der Waals surface area contributed by atoms with Crippen molar-refractivity contribution in [3.05, 3.63) is 59.7 Å². The number of para-hydroxylation sites is 2. The molecule has 0 aliphatic carbocycles. The average Bonchev–Trinajstić information content (AvgIpc) is 2.68. The predicted molar refractivity (Wildman–Crippen MR) is 104 cm³/mol. The molecule has 2 heterocycles. The number of fused-ring (bicyclic) bond motifs is 2. The van der Waals surface area contributed by atoms with Gasteiger partial charge in [-0.1, -0.05) is 26.0 Å². The monoisotopic (exact) mass is 378 g/mol. The maximum Gasteiger partial charge on any atom is 0.227 e. The molecule has 0 spiro atoms. The zero-order chi connectivity index (χ0) is 19.8. The van der Waals surface area contributed by atoms with Crippen molar-refractivity contribution in [2.45, 2.75) is 26.2 Å². The molecule has 1 aliphatic heterocycles. The topological polar surface area (TPSA) is 84.0 Å². The quantitative estimate of drug-likeness (QED) is 0.725. The lowest BCUT2D eigenvalue weighted by Crippen LogP contribution is -2.25. The molecule has 28 heavy (non-hydrogen) atoms. The molecule has 1 aliphatic rings. The van der Waals surface area contributed by atoms with Crippen molar-refractivity contribution in [1.82, 2.24) is 9.97 Å². The highest BCUT2D eigenvalue weighted by Gasteiger charge is 2.29. The SMILES string of the molecule is CC(C)C(=O)Nc1cc2c(cc1F)[C@@H](c1cnc3ccccc3n1)CC(=O)N2. The van der Waals surface area contributed by atoms with Crippen LogP contribution in [0, 0.1) is 11.7 Å². The zero-order valence-electron chi connectivity index (χ0n) is 15.5. The minimum absolute atomic E-state index is 0.0444. The fraction of sp³-hybridized carbons (Fsp3) is 0.238. The van der Waals surface area contributed by atoms with E-state index >= 15 is 0 Å². The molecule has 6 nitrogen and oxygen atoms in total. The normalized spacial score (nSPS) is 16.0. The molecule has 4 rings (SSSR count). The Bertz CT molecular complexity index is 1100. The van der Waals surface area contributed by atoms with E-state index in [4.69, 9.17) is 0 Å². The van der Waals surface area contributed by atoms with Gasteiger partial charge in [-0.25, -0.2) is 9.37 Å². The van der Waals surface area contributed by atoms with Crippen molar-refractivity contribution in [3.63, 3.8) is 0 Å². The summed E-state index contributed by atoms with van der Waals surface area (Å²) in [4.78, 5) is 33.2. The maximum atomic E-state index is 14.7. The molecule has 7 heteroatoms. The number of nitrogens with zero attached hydrogens (tertiary/aromatic N) is 2. The summed E-state index contributed by atoms with van der Waals surface area (Å²) in [5, 5.41) is 5.32. The van der Waals surface area contributed by atoms with Crippen LogP contribution in [0.25, 0.3) is 11.0 Å². The van der Waals surface area contributed by atoms with E-state index in [0.29, 0.717) is 22.5 Å². The van der Waals surface area contributed by atoms with Crippen LogP contribution in [-0.4, -0.2) is 21.8 Å². The maximum absolute atomic E-state index is 14.7. The van der Waals surface area contributed by atoms with Crippen molar-refractivity contribution >= 4 is 34.2 Å². The Morgan fingerprint density at radius 2 is 2.00 bits per heavy atom. The van der Waals surface area contributed by atoms with E-state index in [1.807, 2.05) is 24.3 Å². The smallest absolute Gasteiger partial charge is 0.227 e. The van der Waals surface area contributed by atoms with Gasteiger partial charge in [0.2, 0.25) is 11.8 Å². The fourth-order valence-electron chi connectivity index (χ4n) is 3.26. The van der Waals surface area contributed by atoms with Gasteiger partial charge in [0, 0.05) is 30.1 Å². The second kappa shape index (κ2) is 6.99. The van der Waals surface area contributed by atoms with Gasteiger partial charge in [0.25, 0.3) is 0 Å². The van der Waals surface area contributed by atoms with E-state index in [-0.39, 0.29) is 29.8 Å². The molecule has 2 N–H and O–H groups in total. The molecule has 142 valence electrons. The van der Waals surface area contributed by atoms with Crippen LogP contribution in [-0.2, 0) is 9.59 Å². The first kappa shape index (κ1) is 18.0. The van der Waals surface area contributed by atoms with Crippen LogP contribution in [0.3, 0.4) is 0 Å². The number of amides is 2. The number of carbonyl (C=O) groups is 2. The molecule has 1 atom stereocenters. The average molecular weight is 378 g/mol. The number of rotatable bonds is 3. The Kier molecular flexibility index (Phi) is 4.50. The highest BCUT2D eigenvalue weighted by Crippen LogP contribution is 2.39. The van der Waals surface area contributed by atoms with Crippen LogP contribution in [0.1, 0.15) is 37.4 Å². The van der Waals surface area contributed by atoms with Crippen LogP contribution in [0.2, 0.25) is 0 Å². The standard InChI is InChI=1S/C21H19FN4O2/c1-11(2)21(28)26-18-9-17-12(7-14(18)22)13(8-20(27)25-17)19-10-23-15-5-3-4-6-16(15)24-19/h3-7,9-11,13H,8H2,1-2H3,(H,25,27)(H,26,28)/t13-/m0/s1.